The first-order valence-corrected chi connectivity index (χ1v) is 14.4. The van der Waals surface area contributed by atoms with Crippen LogP contribution in [0.15, 0.2) is 48.1 Å². The van der Waals surface area contributed by atoms with E-state index in [0.29, 0.717) is 31.4 Å². The molecule has 5 rings (SSSR count). The smallest absolute Gasteiger partial charge is 0.194 e. The van der Waals surface area contributed by atoms with Crippen LogP contribution in [0.25, 0.3) is 10.9 Å². The number of allylic oxidation sites excluding steroid dienone is 1. The number of para-hydroxylation sites is 1. The summed E-state index contributed by atoms with van der Waals surface area (Å²) in [5.41, 5.74) is 2.38. The number of hydrogen-bond donors (Lipinski definition) is 2. The van der Waals surface area contributed by atoms with E-state index in [4.69, 9.17) is 14.2 Å². The summed E-state index contributed by atoms with van der Waals surface area (Å²) in [5, 5.41) is 14.6. The van der Waals surface area contributed by atoms with E-state index in [1.165, 1.54) is 22.7 Å². The molecule has 1 aromatic carbocycles. The fraction of sp³-hybridized carbons (Fsp3) is 0.606. The summed E-state index contributed by atoms with van der Waals surface area (Å²) in [7, 11) is 0. The van der Waals surface area contributed by atoms with Crippen LogP contribution < -0.4 is 0 Å². The second-order valence-corrected chi connectivity index (χ2v) is 13.0. The van der Waals surface area contributed by atoms with Crippen molar-refractivity contribution in [2.24, 2.45) is 11.3 Å². The summed E-state index contributed by atoms with van der Waals surface area (Å²) in [5.74, 6) is -0.987. The minimum atomic E-state index is -1.53. The van der Waals surface area contributed by atoms with Crippen molar-refractivity contribution in [2.45, 2.75) is 109 Å². The van der Waals surface area contributed by atoms with Gasteiger partial charge in [0, 0.05) is 39.4 Å². The Morgan fingerprint density at radius 1 is 1.15 bits per heavy atom. The third-order valence-corrected chi connectivity index (χ3v) is 9.94. The second kappa shape index (κ2) is 9.69. The van der Waals surface area contributed by atoms with Gasteiger partial charge in [0.15, 0.2) is 5.79 Å². The lowest BCUT2D eigenvalue weighted by Crippen LogP contribution is -2.75. The average molecular weight is 536 g/mol. The van der Waals surface area contributed by atoms with E-state index in [2.05, 4.69) is 49.7 Å². The van der Waals surface area contributed by atoms with Crippen LogP contribution in [0.3, 0.4) is 0 Å². The number of carbonyl (C=O) groups excluding carboxylic acids is 1. The van der Waals surface area contributed by atoms with Crippen molar-refractivity contribution in [2.75, 3.05) is 6.61 Å². The number of ether oxygens (including phenoxy) is 3. The maximum Gasteiger partial charge on any atom is 0.194 e. The lowest BCUT2D eigenvalue weighted by molar-refractivity contribution is -0.312. The van der Waals surface area contributed by atoms with Crippen molar-refractivity contribution in [3.63, 3.8) is 0 Å². The van der Waals surface area contributed by atoms with Gasteiger partial charge >= 0.3 is 0 Å². The highest BCUT2D eigenvalue weighted by molar-refractivity contribution is 5.86. The van der Waals surface area contributed by atoms with Crippen LogP contribution in [0.1, 0.15) is 79.0 Å². The number of H-pyrrole nitrogens is 1. The Morgan fingerprint density at radius 2 is 1.82 bits per heavy atom. The molecule has 212 valence electrons. The zero-order chi connectivity index (χ0) is 28.4. The van der Waals surface area contributed by atoms with Crippen LogP contribution in [0.4, 0.5) is 0 Å². The number of aromatic amines is 1. The van der Waals surface area contributed by atoms with Crippen molar-refractivity contribution in [1.82, 2.24) is 4.98 Å². The predicted octanol–water partition coefficient (Wildman–Crippen LogP) is 6.17. The van der Waals surface area contributed by atoms with Gasteiger partial charge in [-0.15, -0.1) is 0 Å². The summed E-state index contributed by atoms with van der Waals surface area (Å²) >= 11 is 0. The average Bonchev–Trinajstić information content (AvgIpc) is 3.36. The van der Waals surface area contributed by atoms with Crippen LogP contribution in [0, 0.1) is 11.3 Å². The summed E-state index contributed by atoms with van der Waals surface area (Å²) in [6.45, 7) is 18.6. The maximum absolute atomic E-state index is 13.3. The van der Waals surface area contributed by atoms with Crippen molar-refractivity contribution in [3.05, 3.63) is 59.3 Å². The zero-order valence-corrected chi connectivity index (χ0v) is 24.6. The van der Waals surface area contributed by atoms with Gasteiger partial charge in [-0.25, -0.2) is 0 Å². The van der Waals surface area contributed by atoms with E-state index in [1.807, 2.05) is 34.6 Å². The molecule has 2 fully saturated rings. The Balaban J connectivity index is 1.76. The molecule has 39 heavy (non-hydrogen) atoms. The fourth-order valence-electron chi connectivity index (χ4n) is 8.28. The first kappa shape index (κ1) is 28.3. The number of aliphatic hydroxyl groups is 1. The molecule has 3 aliphatic carbocycles. The highest BCUT2D eigenvalue weighted by Gasteiger charge is 2.75. The Labute approximate surface area is 232 Å². The highest BCUT2D eigenvalue weighted by atomic mass is 16.7. The quantitative estimate of drug-likeness (QED) is 0.183. The topological polar surface area (TPSA) is 80.8 Å². The molecule has 2 aromatic rings. The predicted molar refractivity (Wildman–Crippen MR) is 154 cm³/mol. The van der Waals surface area contributed by atoms with E-state index in [0.717, 1.165) is 23.8 Å². The first-order valence-electron chi connectivity index (χ1n) is 14.4. The second-order valence-electron chi connectivity index (χ2n) is 13.0. The fourth-order valence-corrected chi connectivity index (χ4v) is 8.28. The number of aromatic nitrogens is 1. The van der Waals surface area contributed by atoms with Gasteiger partial charge in [0.2, 0.25) is 0 Å². The third-order valence-electron chi connectivity index (χ3n) is 9.94. The molecular formula is C33H45NO5. The van der Waals surface area contributed by atoms with Crippen molar-refractivity contribution >= 4 is 17.2 Å². The molecule has 2 saturated carbocycles. The number of aldehydes is 1. The van der Waals surface area contributed by atoms with E-state index in [1.54, 1.807) is 0 Å². The van der Waals surface area contributed by atoms with Crippen molar-refractivity contribution in [3.8, 4) is 0 Å². The first-order chi connectivity index (χ1) is 18.3. The summed E-state index contributed by atoms with van der Waals surface area (Å²) < 4.78 is 19.7. The standard InChI is InChI=1S/C33H45NO5/c1-20(2)19-37-28-18-23-17-25-24-11-9-10-12-26(24)34-29(25)31(23,8)30(7)14-15-32(38-21(3)4,39-22(5)6)27(13-16-35)33(28,30)36/h9-13,16,21-23,28,34,36H,1,14-15,17-19H2,2-8H3/b27-13+/t23-,28+,30?,31-,33+/m1/s1. The molecule has 1 unspecified atom stereocenters. The van der Waals surface area contributed by atoms with Gasteiger partial charge in [-0.3, -0.25) is 4.79 Å². The molecule has 0 radical (unpaired) electrons. The van der Waals surface area contributed by atoms with Crippen molar-refractivity contribution in [1.29, 1.82) is 0 Å². The maximum atomic E-state index is 13.3. The Bertz CT molecular complexity index is 1300. The van der Waals surface area contributed by atoms with E-state index >= 15 is 0 Å². The molecule has 6 heteroatoms. The summed E-state index contributed by atoms with van der Waals surface area (Å²) in [6.07, 6.45) is 4.03. The summed E-state index contributed by atoms with van der Waals surface area (Å²) in [6, 6.07) is 8.45. The highest BCUT2D eigenvalue weighted by Crippen LogP contribution is 2.70. The zero-order valence-electron chi connectivity index (χ0n) is 24.6. The molecule has 0 spiro atoms. The normalized spacial score (nSPS) is 34.4. The number of carbonyl (C=O) groups is 1. The number of fused-ring (bicyclic) bond motifs is 7. The van der Waals surface area contributed by atoms with E-state index < -0.39 is 28.3 Å². The third kappa shape index (κ3) is 3.93. The molecule has 6 nitrogen and oxygen atoms in total. The molecule has 0 saturated heterocycles. The SMILES string of the molecule is C=C(C)CO[C@H]1C[C@H]2Cc3c([nH]c4ccccc34)[C@]2(C)C2(C)CCC(OC(C)C)(OC(C)C)/C(=C\C=O)[C@]12O. The van der Waals surface area contributed by atoms with E-state index in [-0.39, 0.29) is 18.1 Å². The number of benzene rings is 1. The minimum Gasteiger partial charge on any atom is -0.382 e. The molecular weight excluding hydrogens is 490 g/mol. The summed E-state index contributed by atoms with van der Waals surface area (Å²) in [4.78, 5) is 16.1. The van der Waals surface area contributed by atoms with Gasteiger partial charge in [-0.05, 0) is 77.5 Å². The molecule has 1 aromatic heterocycles. The van der Waals surface area contributed by atoms with Crippen LogP contribution in [-0.4, -0.2) is 52.7 Å². The van der Waals surface area contributed by atoms with Crippen LogP contribution in [-0.2, 0) is 30.8 Å². The molecule has 1 heterocycles. The molecule has 0 aliphatic heterocycles. The number of nitrogens with one attached hydrogen (secondary N) is 1. The van der Waals surface area contributed by atoms with Crippen LogP contribution in [0.5, 0.6) is 0 Å². The Morgan fingerprint density at radius 3 is 2.44 bits per heavy atom. The number of hydrogen-bond acceptors (Lipinski definition) is 5. The Hall–Kier alpha value is -2.25. The van der Waals surface area contributed by atoms with Gasteiger partial charge in [0.25, 0.3) is 0 Å². The van der Waals surface area contributed by atoms with Gasteiger partial charge < -0.3 is 24.3 Å². The molecule has 3 aliphatic rings. The van der Waals surface area contributed by atoms with Gasteiger partial charge in [-0.1, -0.05) is 44.2 Å². The lowest BCUT2D eigenvalue weighted by Gasteiger charge is -2.67. The van der Waals surface area contributed by atoms with Gasteiger partial charge in [0.05, 0.1) is 24.9 Å². The van der Waals surface area contributed by atoms with Crippen LogP contribution >= 0.6 is 0 Å². The minimum absolute atomic E-state index is 0.180. The molecule has 2 N–H and O–H groups in total. The van der Waals surface area contributed by atoms with Crippen molar-refractivity contribution < 1.29 is 24.1 Å². The molecule has 0 bridgehead atoms. The lowest BCUT2D eigenvalue weighted by atomic mass is 9.41. The van der Waals surface area contributed by atoms with Gasteiger partial charge in [0.1, 0.15) is 11.9 Å². The molecule has 5 atom stereocenters. The monoisotopic (exact) mass is 535 g/mol. The Kier molecular flexibility index (Phi) is 7.03. The van der Waals surface area contributed by atoms with Crippen LogP contribution in [0.2, 0.25) is 0 Å². The number of rotatable bonds is 8. The van der Waals surface area contributed by atoms with E-state index in [9.17, 15) is 9.90 Å². The molecule has 0 amide bonds. The van der Waals surface area contributed by atoms with Gasteiger partial charge in [-0.2, -0.15) is 0 Å². The largest absolute Gasteiger partial charge is 0.382 e.